The lowest BCUT2D eigenvalue weighted by molar-refractivity contribution is 0.0130. The van der Waals surface area contributed by atoms with Crippen molar-refractivity contribution in [2.24, 2.45) is 0 Å². The Labute approximate surface area is 256 Å². The summed E-state index contributed by atoms with van der Waals surface area (Å²) in [6, 6.07) is 15.2. The normalized spacial score (nSPS) is 17.5. The molecule has 1 saturated heterocycles. The number of halogens is 2. The molecule has 2 aromatic heterocycles. The van der Waals surface area contributed by atoms with Crippen LogP contribution in [0.2, 0.25) is 5.02 Å². The van der Waals surface area contributed by atoms with Crippen molar-refractivity contribution in [2.45, 2.75) is 72.1 Å². The zero-order valence-electron chi connectivity index (χ0n) is 25.6. The number of amides is 1. The fraction of sp³-hybridized carbons (Fsp3) is 0.394. The van der Waals surface area contributed by atoms with Crippen LogP contribution in [-0.2, 0) is 4.74 Å². The second-order valence-corrected chi connectivity index (χ2v) is 12.8. The molecule has 10 heteroatoms. The Kier molecular flexibility index (Phi) is 8.22. The molecule has 0 saturated carbocycles. The van der Waals surface area contributed by atoms with Gasteiger partial charge in [-0.05, 0) is 70.4 Å². The van der Waals surface area contributed by atoms with Crippen LogP contribution in [0.1, 0.15) is 59.9 Å². The van der Waals surface area contributed by atoms with Gasteiger partial charge in [0.15, 0.2) is 5.65 Å². The zero-order chi connectivity index (χ0) is 31.2. The average molecular weight is 606 g/mol. The highest BCUT2D eigenvalue weighted by atomic mass is 35.5. The SMILES string of the molecule is CC(C)c1ccccc1-n1c(=O)nc(N2C[C@@H](C)N(C(=O)OC(C)(C)C)C[C@@H]2C)c2cc(Cl)c(-c3ccccc3F)nc21. The van der Waals surface area contributed by atoms with E-state index in [1.54, 1.807) is 29.2 Å². The predicted molar refractivity (Wildman–Crippen MR) is 169 cm³/mol. The maximum atomic E-state index is 15.0. The Morgan fingerprint density at radius 2 is 1.70 bits per heavy atom. The summed E-state index contributed by atoms with van der Waals surface area (Å²) in [4.78, 5) is 40.1. The van der Waals surface area contributed by atoms with Gasteiger partial charge in [0.2, 0.25) is 0 Å². The van der Waals surface area contributed by atoms with Crippen LogP contribution >= 0.6 is 11.6 Å². The standard InChI is InChI=1S/C33H37ClFN5O3/c1-19(2)22-12-9-11-15-27(22)40-30-24(16-25(34)28(36-30)23-13-8-10-14-26(23)35)29(37-31(40)41)38-17-21(4)39(18-20(38)3)32(42)43-33(5,6)7/h8-16,19-21H,17-18H2,1-7H3/t20-,21+/m0/s1. The van der Waals surface area contributed by atoms with Crippen LogP contribution in [0.25, 0.3) is 28.0 Å². The van der Waals surface area contributed by atoms with Crippen molar-refractivity contribution in [1.82, 2.24) is 19.4 Å². The van der Waals surface area contributed by atoms with Crippen LogP contribution < -0.4 is 10.6 Å². The molecule has 4 aromatic rings. The number of nitrogens with zero attached hydrogens (tertiary/aromatic N) is 5. The van der Waals surface area contributed by atoms with Crippen molar-refractivity contribution in [2.75, 3.05) is 18.0 Å². The van der Waals surface area contributed by atoms with Crippen LogP contribution in [0.5, 0.6) is 0 Å². The van der Waals surface area contributed by atoms with E-state index in [4.69, 9.17) is 21.3 Å². The van der Waals surface area contributed by atoms with E-state index < -0.39 is 17.1 Å². The van der Waals surface area contributed by atoms with Gasteiger partial charge in [-0.1, -0.05) is 55.8 Å². The lowest BCUT2D eigenvalue weighted by Crippen LogP contribution is -2.59. The monoisotopic (exact) mass is 605 g/mol. The van der Waals surface area contributed by atoms with E-state index >= 15 is 0 Å². The minimum Gasteiger partial charge on any atom is -0.444 e. The number of benzene rings is 2. The lowest BCUT2D eigenvalue weighted by atomic mass is 10.0. The maximum Gasteiger partial charge on any atom is 0.410 e. The first-order valence-corrected chi connectivity index (χ1v) is 14.9. The quantitative estimate of drug-likeness (QED) is 0.245. The molecule has 0 aliphatic carbocycles. The molecule has 0 spiro atoms. The van der Waals surface area contributed by atoms with Gasteiger partial charge in [-0.2, -0.15) is 4.98 Å². The molecule has 1 aliphatic rings. The number of piperazine rings is 1. The molecule has 226 valence electrons. The number of carbonyl (C=O) groups excluding carboxylic acids is 1. The molecule has 0 N–H and O–H groups in total. The third kappa shape index (κ3) is 5.95. The lowest BCUT2D eigenvalue weighted by Gasteiger charge is -2.44. The van der Waals surface area contributed by atoms with Gasteiger partial charge >= 0.3 is 11.8 Å². The topological polar surface area (TPSA) is 80.6 Å². The minimum absolute atomic E-state index is 0.109. The van der Waals surface area contributed by atoms with Gasteiger partial charge in [0.25, 0.3) is 0 Å². The summed E-state index contributed by atoms with van der Waals surface area (Å²) >= 11 is 6.80. The fourth-order valence-electron chi connectivity index (χ4n) is 5.56. The molecule has 2 aromatic carbocycles. The predicted octanol–water partition coefficient (Wildman–Crippen LogP) is 7.20. The number of para-hydroxylation sites is 1. The highest BCUT2D eigenvalue weighted by Crippen LogP contribution is 2.36. The van der Waals surface area contributed by atoms with Gasteiger partial charge in [0, 0.05) is 30.7 Å². The second kappa shape index (κ2) is 11.6. The largest absolute Gasteiger partial charge is 0.444 e. The number of hydrogen-bond donors (Lipinski definition) is 0. The molecule has 0 unspecified atom stereocenters. The summed E-state index contributed by atoms with van der Waals surface area (Å²) in [5.41, 5.74) is 1.24. The third-order valence-electron chi connectivity index (χ3n) is 7.62. The Balaban J connectivity index is 1.71. The van der Waals surface area contributed by atoms with Gasteiger partial charge in [-0.15, -0.1) is 0 Å². The van der Waals surface area contributed by atoms with E-state index in [0.717, 1.165) is 5.56 Å². The van der Waals surface area contributed by atoms with Crippen LogP contribution in [0.4, 0.5) is 15.0 Å². The van der Waals surface area contributed by atoms with Gasteiger partial charge in [0.05, 0.1) is 21.8 Å². The van der Waals surface area contributed by atoms with Crippen LogP contribution in [-0.4, -0.2) is 56.3 Å². The Hall–Kier alpha value is -3.98. The van der Waals surface area contributed by atoms with Gasteiger partial charge < -0.3 is 14.5 Å². The van der Waals surface area contributed by atoms with E-state index in [0.29, 0.717) is 35.6 Å². The first-order valence-electron chi connectivity index (χ1n) is 14.5. The first-order chi connectivity index (χ1) is 20.3. The Bertz CT molecular complexity index is 1750. The highest BCUT2D eigenvalue weighted by molar-refractivity contribution is 6.33. The molecule has 0 bridgehead atoms. The Morgan fingerprint density at radius 3 is 2.37 bits per heavy atom. The average Bonchev–Trinajstić information content (AvgIpc) is 2.93. The van der Waals surface area contributed by atoms with E-state index in [1.807, 2.05) is 63.8 Å². The van der Waals surface area contributed by atoms with Crippen molar-refractivity contribution >= 4 is 34.5 Å². The summed E-state index contributed by atoms with van der Waals surface area (Å²) < 4.78 is 22.1. The van der Waals surface area contributed by atoms with Crippen molar-refractivity contribution in [3.05, 3.63) is 81.5 Å². The van der Waals surface area contributed by atoms with Crippen molar-refractivity contribution in [3.63, 3.8) is 0 Å². The van der Waals surface area contributed by atoms with Crippen molar-refractivity contribution in [3.8, 4) is 16.9 Å². The van der Waals surface area contributed by atoms with Crippen molar-refractivity contribution in [1.29, 1.82) is 0 Å². The summed E-state index contributed by atoms with van der Waals surface area (Å²) in [6.07, 6.45) is -0.385. The van der Waals surface area contributed by atoms with Gasteiger partial charge in [0.1, 0.15) is 17.2 Å². The van der Waals surface area contributed by atoms with E-state index in [-0.39, 0.29) is 40.4 Å². The number of fused-ring (bicyclic) bond motifs is 1. The molecule has 43 heavy (non-hydrogen) atoms. The van der Waals surface area contributed by atoms with Crippen LogP contribution in [0.3, 0.4) is 0 Å². The fourth-order valence-corrected chi connectivity index (χ4v) is 5.81. The molecular formula is C33H37ClFN5O3. The summed E-state index contributed by atoms with van der Waals surface area (Å²) in [7, 11) is 0. The third-order valence-corrected chi connectivity index (χ3v) is 7.90. The number of pyridine rings is 1. The van der Waals surface area contributed by atoms with E-state index in [9.17, 15) is 14.0 Å². The molecule has 1 amide bonds. The summed E-state index contributed by atoms with van der Waals surface area (Å²) in [5.74, 6) is 0.0524. The minimum atomic E-state index is -0.621. The van der Waals surface area contributed by atoms with Crippen LogP contribution in [0, 0.1) is 5.82 Å². The summed E-state index contributed by atoms with van der Waals surface area (Å²) in [6.45, 7) is 14.3. The number of carbonyl (C=O) groups is 1. The summed E-state index contributed by atoms with van der Waals surface area (Å²) in [5, 5.41) is 0.782. The number of rotatable bonds is 4. The second-order valence-electron chi connectivity index (χ2n) is 12.4. The van der Waals surface area contributed by atoms with Gasteiger partial charge in [-0.25, -0.2) is 23.5 Å². The highest BCUT2D eigenvalue weighted by Gasteiger charge is 2.36. The van der Waals surface area contributed by atoms with E-state index in [2.05, 4.69) is 18.8 Å². The molecule has 1 aliphatic heterocycles. The molecule has 0 radical (unpaired) electrons. The first kappa shape index (κ1) is 30.5. The number of hydrogen-bond acceptors (Lipinski definition) is 6. The molecule has 5 rings (SSSR count). The smallest absolute Gasteiger partial charge is 0.410 e. The molecule has 2 atom stereocenters. The number of anilines is 1. The molecular weight excluding hydrogens is 569 g/mol. The van der Waals surface area contributed by atoms with E-state index in [1.165, 1.54) is 10.6 Å². The van der Waals surface area contributed by atoms with Gasteiger partial charge in [-0.3, -0.25) is 0 Å². The number of ether oxygens (including phenoxy) is 1. The van der Waals surface area contributed by atoms with Crippen molar-refractivity contribution < 1.29 is 13.9 Å². The Morgan fingerprint density at radius 1 is 1.02 bits per heavy atom. The molecule has 3 heterocycles. The maximum absolute atomic E-state index is 15.0. The molecule has 1 fully saturated rings. The zero-order valence-corrected chi connectivity index (χ0v) is 26.3. The molecule has 8 nitrogen and oxygen atoms in total. The number of aromatic nitrogens is 3. The van der Waals surface area contributed by atoms with Crippen LogP contribution in [0.15, 0.2) is 59.4 Å².